The van der Waals surface area contributed by atoms with E-state index in [2.05, 4.69) is 25.4 Å². The molecule has 2 aromatic heterocycles. The average molecular weight is 486 g/mol. The number of hydrogen-bond donors (Lipinski definition) is 2. The summed E-state index contributed by atoms with van der Waals surface area (Å²) in [5.41, 5.74) is 1.42. The number of H-pyrrole nitrogens is 1. The van der Waals surface area contributed by atoms with E-state index < -0.39 is 0 Å². The number of anilines is 1. The average Bonchev–Trinajstić information content (AvgIpc) is 3.28. The highest BCUT2D eigenvalue weighted by Crippen LogP contribution is 2.24. The molecule has 170 valence electrons. The Morgan fingerprint density at radius 1 is 1.18 bits per heavy atom. The van der Waals surface area contributed by atoms with Crippen LogP contribution in [0.3, 0.4) is 0 Å². The van der Waals surface area contributed by atoms with E-state index >= 15 is 0 Å². The molecule has 11 heteroatoms. The van der Waals surface area contributed by atoms with E-state index in [9.17, 15) is 9.59 Å². The van der Waals surface area contributed by atoms with Gasteiger partial charge in [-0.15, -0.1) is 0 Å². The molecule has 0 unspecified atom stereocenters. The van der Waals surface area contributed by atoms with Gasteiger partial charge >= 0.3 is 0 Å². The van der Waals surface area contributed by atoms with E-state index in [4.69, 9.17) is 23.2 Å². The van der Waals surface area contributed by atoms with Crippen molar-refractivity contribution >= 4 is 45.7 Å². The second kappa shape index (κ2) is 10.1. The van der Waals surface area contributed by atoms with Gasteiger partial charge in [-0.3, -0.25) is 14.5 Å². The van der Waals surface area contributed by atoms with Crippen molar-refractivity contribution in [3.8, 4) is 5.69 Å². The van der Waals surface area contributed by atoms with Crippen LogP contribution in [0, 0.1) is 0 Å². The van der Waals surface area contributed by atoms with Crippen molar-refractivity contribution in [2.24, 2.45) is 0 Å². The molecule has 9 nitrogen and oxygen atoms in total. The number of benzene rings is 2. The van der Waals surface area contributed by atoms with Crippen LogP contribution in [0.4, 0.5) is 5.69 Å². The summed E-state index contributed by atoms with van der Waals surface area (Å²) in [6, 6.07) is 10.1. The Kier molecular flexibility index (Phi) is 7.02. The molecule has 0 spiro atoms. The molecule has 2 N–H and O–H groups in total. The molecule has 4 aromatic rings. The topological polar surface area (TPSA) is 109 Å². The van der Waals surface area contributed by atoms with Crippen LogP contribution in [0.15, 0.2) is 53.8 Å². The zero-order valence-electron chi connectivity index (χ0n) is 17.8. The van der Waals surface area contributed by atoms with E-state index in [1.807, 2.05) is 11.8 Å². The number of rotatable bonds is 8. The first kappa shape index (κ1) is 22.9. The number of aromatic nitrogens is 5. The number of aromatic amines is 1. The Morgan fingerprint density at radius 2 is 1.97 bits per heavy atom. The van der Waals surface area contributed by atoms with Gasteiger partial charge in [-0.1, -0.05) is 30.1 Å². The summed E-state index contributed by atoms with van der Waals surface area (Å²) in [7, 11) is 0. The maximum Gasteiger partial charge on any atom is 0.258 e. The van der Waals surface area contributed by atoms with Gasteiger partial charge in [0.1, 0.15) is 18.5 Å². The van der Waals surface area contributed by atoms with Crippen LogP contribution in [-0.2, 0) is 11.3 Å². The molecule has 0 aliphatic carbocycles. The van der Waals surface area contributed by atoms with E-state index in [0.717, 1.165) is 6.42 Å². The van der Waals surface area contributed by atoms with E-state index in [1.165, 1.54) is 12.7 Å². The standard InChI is InChI=1S/C22H21Cl2N7O2/c1-2-7-30(10-20-27-17-8-14(23)3-5-16(17)22(33)29-20)11-21(32)28-18-9-15(24)4-6-19(18)31-13-25-12-26-31/h3-6,8-9,12-13H,2,7,10-11H2,1H3,(H,28,32)(H,27,29,33). The summed E-state index contributed by atoms with van der Waals surface area (Å²) >= 11 is 12.2. The highest BCUT2D eigenvalue weighted by atomic mass is 35.5. The number of carbonyl (C=O) groups is 1. The fraction of sp³-hybridized carbons (Fsp3) is 0.227. The lowest BCUT2D eigenvalue weighted by Crippen LogP contribution is -2.34. The first-order chi connectivity index (χ1) is 15.9. The van der Waals surface area contributed by atoms with Crippen molar-refractivity contribution < 1.29 is 4.79 Å². The number of nitrogens with zero attached hydrogens (tertiary/aromatic N) is 5. The predicted molar refractivity (Wildman–Crippen MR) is 128 cm³/mol. The summed E-state index contributed by atoms with van der Waals surface area (Å²) in [5, 5.41) is 8.46. The molecule has 1 amide bonds. The molecule has 4 rings (SSSR count). The van der Waals surface area contributed by atoms with Gasteiger partial charge in [0.15, 0.2) is 0 Å². The van der Waals surface area contributed by atoms with Crippen molar-refractivity contribution in [2.75, 3.05) is 18.4 Å². The summed E-state index contributed by atoms with van der Waals surface area (Å²) < 4.78 is 1.55. The predicted octanol–water partition coefficient (Wildman–Crippen LogP) is 3.66. The molecule has 2 heterocycles. The Bertz CT molecular complexity index is 1340. The number of nitrogens with one attached hydrogen (secondary N) is 2. The number of amides is 1. The molecule has 0 fully saturated rings. The van der Waals surface area contributed by atoms with Crippen molar-refractivity contribution in [1.82, 2.24) is 29.6 Å². The van der Waals surface area contributed by atoms with Gasteiger partial charge in [0, 0.05) is 10.0 Å². The Morgan fingerprint density at radius 3 is 2.73 bits per heavy atom. The van der Waals surface area contributed by atoms with Crippen LogP contribution in [0.2, 0.25) is 10.0 Å². The van der Waals surface area contributed by atoms with Crippen LogP contribution in [0.25, 0.3) is 16.6 Å². The third kappa shape index (κ3) is 5.57. The third-order valence-electron chi connectivity index (χ3n) is 4.90. The summed E-state index contributed by atoms with van der Waals surface area (Å²) in [4.78, 5) is 38.5. The van der Waals surface area contributed by atoms with Crippen LogP contribution in [-0.4, -0.2) is 48.6 Å². The smallest absolute Gasteiger partial charge is 0.258 e. The molecule has 0 saturated carbocycles. The normalized spacial score (nSPS) is 11.3. The summed E-state index contributed by atoms with van der Waals surface area (Å²) in [5.74, 6) is 0.223. The van der Waals surface area contributed by atoms with E-state index in [-0.39, 0.29) is 18.0 Å². The molecular weight excluding hydrogens is 465 g/mol. The molecule has 0 aliphatic heterocycles. The van der Waals surface area contributed by atoms with Gasteiger partial charge in [0.25, 0.3) is 5.56 Å². The number of fused-ring (bicyclic) bond motifs is 1. The molecule has 0 bridgehead atoms. The minimum atomic E-state index is -0.246. The highest BCUT2D eigenvalue weighted by Gasteiger charge is 2.16. The maximum absolute atomic E-state index is 12.9. The fourth-order valence-electron chi connectivity index (χ4n) is 3.51. The van der Waals surface area contributed by atoms with Gasteiger partial charge in [-0.2, -0.15) is 5.10 Å². The zero-order chi connectivity index (χ0) is 23.4. The minimum Gasteiger partial charge on any atom is -0.323 e. The lowest BCUT2D eigenvalue weighted by molar-refractivity contribution is -0.117. The summed E-state index contributed by atoms with van der Waals surface area (Å²) in [6.07, 6.45) is 3.77. The van der Waals surface area contributed by atoms with Crippen molar-refractivity contribution in [3.63, 3.8) is 0 Å². The van der Waals surface area contributed by atoms with Gasteiger partial charge in [-0.25, -0.2) is 14.6 Å². The number of halogens is 2. The van der Waals surface area contributed by atoms with E-state index in [0.29, 0.717) is 51.2 Å². The van der Waals surface area contributed by atoms with Crippen molar-refractivity contribution in [3.05, 3.63) is 75.3 Å². The third-order valence-corrected chi connectivity index (χ3v) is 5.37. The Labute approximate surface area is 199 Å². The second-order valence-electron chi connectivity index (χ2n) is 7.43. The first-order valence-corrected chi connectivity index (χ1v) is 11.0. The SMILES string of the molecule is CCCN(CC(=O)Nc1cc(Cl)ccc1-n1cncn1)Cc1nc2cc(Cl)ccc2c(=O)[nH]1. The molecule has 33 heavy (non-hydrogen) atoms. The molecule has 0 atom stereocenters. The maximum atomic E-state index is 12.9. The molecule has 2 aromatic carbocycles. The highest BCUT2D eigenvalue weighted by molar-refractivity contribution is 6.31. The van der Waals surface area contributed by atoms with E-state index in [1.54, 1.807) is 41.1 Å². The minimum absolute atomic E-state index is 0.0917. The lowest BCUT2D eigenvalue weighted by Gasteiger charge is -2.21. The van der Waals surface area contributed by atoms with Crippen LogP contribution >= 0.6 is 23.2 Å². The quantitative estimate of drug-likeness (QED) is 0.394. The molecule has 0 saturated heterocycles. The first-order valence-electron chi connectivity index (χ1n) is 10.3. The Balaban J connectivity index is 1.52. The van der Waals surface area contributed by atoms with Crippen LogP contribution in [0.5, 0.6) is 0 Å². The Hall–Kier alpha value is -3.27. The molecule has 0 radical (unpaired) electrons. The zero-order valence-corrected chi connectivity index (χ0v) is 19.3. The van der Waals surface area contributed by atoms with Gasteiger partial charge in [-0.05, 0) is 49.4 Å². The second-order valence-corrected chi connectivity index (χ2v) is 8.31. The number of carbonyl (C=O) groups excluding carboxylic acids is 1. The largest absolute Gasteiger partial charge is 0.323 e. The van der Waals surface area contributed by atoms with Gasteiger partial charge in [0.05, 0.1) is 35.4 Å². The van der Waals surface area contributed by atoms with Crippen molar-refractivity contribution in [2.45, 2.75) is 19.9 Å². The van der Waals surface area contributed by atoms with Crippen molar-refractivity contribution in [1.29, 1.82) is 0 Å². The van der Waals surface area contributed by atoms with Crippen LogP contribution < -0.4 is 10.9 Å². The monoisotopic (exact) mass is 485 g/mol. The molecular formula is C22H21Cl2N7O2. The molecule has 0 aliphatic rings. The van der Waals surface area contributed by atoms with Gasteiger partial charge < -0.3 is 10.3 Å². The number of hydrogen-bond acceptors (Lipinski definition) is 6. The fourth-order valence-corrected chi connectivity index (χ4v) is 3.85. The summed E-state index contributed by atoms with van der Waals surface area (Å²) in [6.45, 7) is 3.04. The van der Waals surface area contributed by atoms with Crippen LogP contribution in [0.1, 0.15) is 19.2 Å². The van der Waals surface area contributed by atoms with Gasteiger partial charge in [0.2, 0.25) is 5.91 Å². The lowest BCUT2D eigenvalue weighted by atomic mass is 10.2.